The molecule has 1 saturated carbocycles. The fourth-order valence-electron chi connectivity index (χ4n) is 10.5. The lowest BCUT2D eigenvalue weighted by Crippen LogP contribution is -2.63. The van der Waals surface area contributed by atoms with Gasteiger partial charge < -0.3 is 25.2 Å². The number of likely N-dealkylation sites (tertiary alicyclic amines) is 2. The Hall–Kier alpha value is -6.25. The first kappa shape index (κ1) is 41.7. The van der Waals surface area contributed by atoms with Crippen LogP contribution in [0.4, 0.5) is 15.9 Å². The van der Waals surface area contributed by atoms with Gasteiger partial charge in [0.15, 0.2) is 11.5 Å². The number of nitrogens with zero attached hydrogens (tertiary/aromatic N) is 8. The van der Waals surface area contributed by atoms with Crippen LogP contribution in [0.5, 0.6) is 0 Å². The third kappa shape index (κ3) is 7.76. The zero-order chi connectivity index (χ0) is 44.1. The van der Waals surface area contributed by atoms with E-state index in [-0.39, 0.29) is 65.1 Å². The number of imide groups is 1. The number of rotatable bonds is 9. The van der Waals surface area contributed by atoms with Crippen molar-refractivity contribution in [1.29, 1.82) is 0 Å². The Labute approximate surface area is 369 Å². The molecule has 5 fully saturated rings. The predicted octanol–water partition coefficient (Wildman–Crippen LogP) is 4.40. The van der Waals surface area contributed by atoms with Crippen molar-refractivity contribution in [2.24, 2.45) is 11.8 Å². The second-order valence-corrected chi connectivity index (χ2v) is 18.1. The number of amides is 3. The van der Waals surface area contributed by atoms with Crippen LogP contribution < -0.4 is 15.5 Å². The van der Waals surface area contributed by atoms with Crippen molar-refractivity contribution >= 4 is 52.1 Å². The lowest BCUT2D eigenvalue weighted by atomic mass is 9.80. The molecule has 1 unspecified atom stereocenters. The molecule has 2 atom stereocenters. The van der Waals surface area contributed by atoms with E-state index < -0.39 is 17.9 Å². The van der Waals surface area contributed by atoms with Gasteiger partial charge in [0, 0.05) is 68.9 Å². The van der Waals surface area contributed by atoms with Gasteiger partial charge in [-0.2, -0.15) is 5.10 Å². The van der Waals surface area contributed by atoms with Crippen LogP contribution in [0, 0.1) is 17.7 Å². The molecule has 1 aliphatic carbocycles. The molecular weight excluding hydrogens is 820 g/mol. The molecule has 3 amide bonds. The molecule has 332 valence electrons. The van der Waals surface area contributed by atoms with E-state index in [4.69, 9.17) is 19.8 Å². The average molecular weight is 871 g/mol. The van der Waals surface area contributed by atoms with Gasteiger partial charge in [0.2, 0.25) is 5.91 Å². The Kier molecular flexibility index (Phi) is 11.3. The molecule has 17 heteroatoms. The average Bonchev–Trinajstić information content (AvgIpc) is 3.85. The van der Waals surface area contributed by atoms with Gasteiger partial charge in [-0.15, -0.1) is 0 Å². The summed E-state index contributed by atoms with van der Waals surface area (Å²) >= 11 is 0. The number of fused-ring (bicyclic) bond motifs is 2. The van der Waals surface area contributed by atoms with Crippen molar-refractivity contribution in [2.45, 2.75) is 82.5 Å². The Bertz CT molecular complexity index is 2580. The van der Waals surface area contributed by atoms with Gasteiger partial charge in [0.1, 0.15) is 34.9 Å². The van der Waals surface area contributed by atoms with Crippen LogP contribution in [-0.2, 0) is 19.1 Å². The van der Waals surface area contributed by atoms with Gasteiger partial charge in [-0.25, -0.2) is 28.6 Å². The first-order chi connectivity index (χ1) is 31.2. The molecule has 64 heavy (non-hydrogen) atoms. The van der Waals surface area contributed by atoms with Crippen molar-refractivity contribution in [1.82, 2.24) is 39.8 Å². The third-order valence-electron chi connectivity index (χ3n) is 14.3. The number of allylic oxidation sites excluding steroid dienone is 1. The molecule has 2 aromatic heterocycles. The Morgan fingerprint density at radius 2 is 1.67 bits per heavy atom. The smallest absolute Gasteiger partial charge is 0.262 e. The molecule has 4 aromatic rings. The second-order valence-electron chi connectivity index (χ2n) is 18.1. The fraction of sp³-hybridized carbons (Fsp3) is 0.489. The number of hydrogen-bond donors (Lipinski definition) is 2. The number of hydrogen-bond acceptors (Lipinski definition) is 13. The number of morpholine rings is 1. The molecule has 2 aromatic carbocycles. The highest BCUT2D eigenvalue weighted by atomic mass is 19.1. The summed E-state index contributed by atoms with van der Waals surface area (Å²) in [6.45, 7) is 8.07. The first-order valence-electron chi connectivity index (χ1n) is 22.6. The molecular formula is C47H51FN10O6. The maximum absolute atomic E-state index is 13.9. The summed E-state index contributed by atoms with van der Waals surface area (Å²) in [7, 11) is 0. The SMILES string of the molecule is C[C@H]1COCCN1c1nc(-c2ccc(F)cc2)nc2c1cnn2C1CCN(C2CN(C(=O)C3CCC(CNc4ccc5c(c4)C(=O)N(C4CCC(=C=O)NC4=C=O)C5=O)CC3)C2)CC1. The monoisotopic (exact) mass is 870 g/mol. The number of piperidine rings is 2. The van der Waals surface area contributed by atoms with Crippen molar-refractivity contribution < 1.29 is 33.1 Å². The quantitative estimate of drug-likeness (QED) is 0.179. The number of ether oxygens (including phenoxy) is 1. The van der Waals surface area contributed by atoms with E-state index in [0.29, 0.717) is 44.1 Å². The minimum absolute atomic E-state index is 0.0236. The minimum atomic E-state index is -0.826. The summed E-state index contributed by atoms with van der Waals surface area (Å²) in [5.41, 5.74) is 2.98. The maximum Gasteiger partial charge on any atom is 0.262 e. The summed E-state index contributed by atoms with van der Waals surface area (Å²) in [6.07, 6.45) is 7.72. The highest BCUT2D eigenvalue weighted by Gasteiger charge is 2.44. The number of anilines is 2. The molecule has 6 aliphatic rings. The van der Waals surface area contributed by atoms with Crippen LogP contribution in [-0.4, -0.2) is 135 Å². The molecule has 0 bridgehead atoms. The second kappa shape index (κ2) is 17.4. The Morgan fingerprint density at radius 1 is 0.906 bits per heavy atom. The number of benzene rings is 2. The summed E-state index contributed by atoms with van der Waals surface area (Å²) in [4.78, 5) is 81.0. The summed E-state index contributed by atoms with van der Waals surface area (Å²) < 4.78 is 21.6. The van der Waals surface area contributed by atoms with Gasteiger partial charge in [-0.3, -0.25) is 24.2 Å². The zero-order valence-corrected chi connectivity index (χ0v) is 35.8. The summed E-state index contributed by atoms with van der Waals surface area (Å²) in [6, 6.07) is 11.2. The minimum Gasteiger partial charge on any atom is -0.385 e. The van der Waals surface area contributed by atoms with Gasteiger partial charge >= 0.3 is 0 Å². The van der Waals surface area contributed by atoms with Gasteiger partial charge in [0.05, 0.1) is 54.0 Å². The topological polar surface area (TPSA) is 175 Å². The van der Waals surface area contributed by atoms with E-state index in [9.17, 15) is 28.4 Å². The van der Waals surface area contributed by atoms with Crippen LogP contribution in [0.3, 0.4) is 0 Å². The molecule has 10 rings (SSSR count). The maximum atomic E-state index is 13.9. The van der Waals surface area contributed by atoms with Gasteiger partial charge in [0.25, 0.3) is 11.8 Å². The number of halogens is 1. The van der Waals surface area contributed by atoms with Crippen LogP contribution in [0.15, 0.2) is 60.1 Å². The lowest BCUT2D eigenvalue weighted by Gasteiger charge is -2.48. The Morgan fingerprint density at radius 3 is 2.41 bits per heavy atom. The zero-order valence-electron chi connectivity index (χ0n) is 35.8. The van der Waals surface area contributed by atoms with Crippen LogP contribution in [0.1, 0.15) is 85.0 Å². The number of carbonyl (C=O) groups excluding carboxylic acids is 5. The molecule has 2 N–H and O–H groups in total. The predicted molar refractivity (Wildman–Crippen MR) is 234 cm³/mol. The largest absolute Gasteiger partial charge is 0.385 e. The number of aromatic nitrogens is 4. The van der Waals surface area contributed by atoms with E-state index in [1.165, 1.54) is 12.1 Å². The summed E-state index contributed by atoms with van der Waals surface area (Å²) in [5.74, 6) is 4.25. The normalized spacial score (nSPS) is 24.6. The molecule has 7 heterocycles. The molecule has 5 aliphatic heterocycles. The van der Waals surface area contributed by atoms with Crippen LogP contribution >= 0.6 is 0 Å². The van der Waals surface area contributed by atoms with E-state index in [0.717, 1.165) is 97.7 Å². The highest BCUT2D eigenvalue weighted by Crippen LogP contribution is 2.37. The molecule has 0 radical (unpaired) electrons. The molecule has 4 saturated heterocycles. The first-order valence-corrected chi connectivity index (χ1v) is 22.6. The van der Waals surface area contributed by atoms with Crippen molar-refractivity contribution in [3.63, 3.8) is 0 Å². The fourth-order valence-corrected chi connectivity index (χ4v) is 10.5. The van der Waals surface area contributed by atoms with E-state index in [1.807, 2.05) is 11.1 Å². The van der Waals surface area contributed by atoms with E-state index in [1.54, 1.807) is 42.2 Å². The van der Waals surface area contributed by atoms with Crippen molar-refractivity contribution in [3.8, 4) is 11.4 Å². The number of nitrogens with one attached hydrogen (secondary N) is 2. The van der Waals surface area contributed by atoms with Crippen LogP contribution in [0.2, 0.25) is 0 Å². The van der Waals surface area contributed by atoms with E-state index in [2.05, 4.69) is 32.0 Å². The van der Waals surface area contributed by atoms with Crippen LogP contribution in [0.25, 0.3) is 22.4 Å². The lowest BCUT2D eigenvalue weighted by molar-refractivity contribution is -0.145. The number of carbonyl (C=O) groups is 3. The van der Waals surface area contributed by atoms with E-state index >= 15 is 0 Å². The van der Waals surface area contributed by atoms with Crippen molar-refractivity contribution in [3.05, 3.63) is 77.0 Å². The van der Waals surface area contributed by atoms with Gasteiger partial charge in [-0.05, 0) is 100 Å². The summed E-state index contributed by atoms with van der Waals surface area (Å²) in [5, 5.41) is 11.9. The van der Waals surface area contributed by atoms with Gasteiger partial charge in [-0.1, -0.05) is 0 Å². The standard InChI is InChI=1S/C47H51FN10O6/c1-28-27-64-19-18-56(28)43-39-22-50-58(44(39)53-42(52-43)30-6-8-32(48)9-7-30)35-14-16-54(17-15-35)36-23-55(24-36)45(61)31-4-2-29(3-5-31)21-49-33-10-12-37-38(20-33)47(63)57(46(37)62)41-13-11-34(25-59)51-40(41)26-60/h6-10,12,20,22,28-29,31,35-36,41,49,51H,2-5,11,13-19,21,23-24,27H2,1H3/t28-,29?,31?,41?/m0/s1. The third-order valence-corrected chi connectivity index (χ3v) is 14.3. The Balaban J connectivity index is 0.701. The molecule has 16 nitrogen and oxygen atoms in total. The van der Waals surface area contributed by atoms with Crippen molar-refractivity contribution in [2.75, 3.05) is 62.7 Å². The molecule has 0 spiro atoms. The highest BCUT2D eigenvalue weighted by molar-refractivity contribution is 6.22.